The Labute approximate surface area is 183 Å². The lowest BCUT2D eigenvalue weighted by Crippen LogP contribution is -2.40. The van der Waals surface area contributed by atoms with Crippen LogP contribution in [0, 0.1) is 10.1 Å². The van der Waals surface area contributed by atoms with Crippen LogP contribution in [0.1, 0.15) is 30.3 Å². The molecule has 0 amide bonds. The maximum absolute atomic E-state index is 13.1. The van der Waals surface area contributed by atoms with Gasteiger partial charge in [-0.15, -0.1) is 0 Å². The van der Waals surface area contributed by atoms with Crippen LogP contribution in [-0.4, -0.2) is 24.0 Å². The number of nitro groups is 1. The van der Waals surface area contributed by atoms with E-state index in [1.807, 2.05) is 37.3 Å². The first-order valence-electron chi connectivity index (χ1n) is 10.5. The summed E-state index contributed by atoms with van der Waals surface area (Å²) >= 11 is 0. The van der Waals surface area contributed by atoms with Gasteiger partial charge in [0.1, 0.15) is 11.3 Å². The van der Waals surface area contributed by atoms with Crippen LogP contribution >= 0.6 is 0 Å². The Morgan fingerprint density at radius 2 is 1.72 bits per heavy atom. The quantitative estimate of drug-likeness (QED) is 0.339. The van der Waals surface area contributed by atoms with E-state index < -0.39 is 16.2 Å². The first kappa shape index (κ1) is 21.2. The normalized spacial score (nSPS) is 11.2. The molecule has 0 aliphatic carbocycles. The average Bonchev–Trinajstić information content (AvgIpc) is 3.21. The molecule has 0 bridgehead atoms. The van der Waals surface area contributed by atoms with Gasteiger partial charge < -0.3 is 4.98 Å². The molecular formula is C23H23N5O4. The molecule has 4 rings (SSSR count). The molecule has 0 saturated carbocycles. The number of para-hydroxylation sites is 1. The van der Waals surface area contributed by atoms with E-state index in [9.17, 15) is 19.7 Å². The van der Waals surface area contributed by atoms with Crippen molar-refractivity contribution in [2.75, 3.05) is 0 Å². The van der Waals surface area contributed by atoms with Crippen LogP contribution in [-0.2, 0) is 25.9 Å². The monoisotopic (exact) mass is 433 g/mol. The molecule has 0 radical (unpaired) electrons. The largest absolute Gasteiger partial charge is 0.336 e. The van der Waals surface area contributed by atoms with E-state index in [0.29, 0.717) is 24.2 Å². The number of hydrogen-bond donors (Lipinski definition) is 1. The molecule has 2 aromatic carbocycles. The zero-order valence-corrected chi connectivity index (χ0v) is 17.7. The summed E-state index contributed by atoms with van der Waals surface area (Å²) in [6.45, 7) is 2.34. The summed E-state index contributed by atoms with van der Waals surface area (Å²) in [7, 11) is 0. The fourth-order valence-electron chi connectivity index (χ4n) is 3.84. The Morgan fingerprint density at radius 3 is 2.44 bits per heavy atom. The minimum atomic E-state index is -0.458. The van der Waals surface area contributed by atoms with E-state index in [1.165, 1.54) is 15.2 Å². The van der Waals surface area contributed by atoms with Crippen LogP contribution < -0.4 is 11.2 Å². The first-order chi connectivity index (χ1) is 15.5. The Hall–Kier alpha value is -4.01. The molecule has 1 N–H and O–H groups in total. The molecule has 2 aromatic heterocycles. The molecule has 9 nitrogen and oxygen atoms in total. The number of H-pyrrole nitrogens is 1. The van der Waals surface area contributed by atoms with Crippen molar-refractivity contribution < 1.29 is 4.92 Å². The van der Waals surface area contributed by atoms with Crippen LogP contribution in [0.4, 0.5) is 5.69 Å². The van der Waals surface area contributed by atoms with Crippen molar-refractivity contribution in [3.05, 3.63) is 103 Å². The zero-order chi connectivity index (χ0) is 22.7. The molecule has 164 valence electrons. The van der Waals surface area contributed by atoms with E-state index in [1.54, 1.807) is 18.2 Å². The van der Waals surface area contributed by atoms with Gasteiger partial charge in [-0.1, -0.05) is 55.5 Å². The van der Waals surface area contributed by atoms with Crippen molar-refractivity contribution in [2.45, 2.75) is 39.3 Å². The third kappa shape index (κ3) is 4.09. The van der Waals surface area contributed by atoms with Gasteiger partial charge in [-0.05, 0) is 18.4 Å². The van der Waals surface area contributed by atoms with Crippen molar-refractivity contribution in [1.29, 1.82) is 0 Å². The molecule has 0 spiro atoms. The number of nitrogens with zero attached hydrogens (tertiary/aromatic N) is 4. The van der Waals surface area contributed by atoms with Crippen LogP contribution in [0.2, 0.25) is 0 Å². The van der Waals surface area contributed by atoms with Crippen molar-refractivity contribution >= 4 is 16.9 Å². The number of nitrogens with one attached hydrogen (secondary N) is 1. The number of fused-ring (bicyclic) bond motifs is 1. The number of hydrogen-bond acceptors (Lipinski definition) is 5. The molecule has 0 aliphatic rings. The van der Waals surface area contributed by atoms with Gasteiger partial charge in [-0.2, -0.15) is 0 Å². The highest BCUT2D eigenvalue weighted by atomic mass is 16.6. The number of aromatic nitrogens is 4. The van der Waals surface area contributed by atoms with E-state index >= 15 is 0 Å². The molecule has 0 saturated heterocycles. The van der Waals surface area contributed by atoms with E-state index in [2.05, 4.69) is 9.97 Å². The molecule has 0 fully saturated rings. The number of aromatic amines is 1. The highest BCUT2D eigenvalue weighted by Crippen LogP contribution is 2.19. The molecular weight excluding hydrogens is 410 g/mol. The van der Waals surface area contributed by atoms with Gasteiger partial charge in [0, 0.05) is 31.1 Å². The lowest BCUT2D eigenvalue weighted by atomic mass is 10.1. The lowest BCUT2D eigenvalue weighted by molar-refractivity contribution is -0.385. The van der Waals surface area contributed by atoms with Gasteiger partial charge >= 0.3 is 5.69 Å². The molecule has 0 unspecified atom stereocenters. The molecule has 9 heteroatoms. The van der Waals surface area contributed by atoms with Gasteiger partial charge in [-0.3, -0.25) is 24.0 Å². The highest BCUT2D eigenvalue weighted by molar-refractivity contribution is 5.70. The first-order valence-corrected chi connectivity index (χ1v) is 10.5. The average molecular weight is 433 g/mol. The Morgan fingerprint density at radius 1 is 1.00 bits per heavy atom. The van der Waals surface area contributed by atoms with Gasteiger partial charge in [0.15, 0.2) is 5.65 Å². The summed E-state index contributed by atoms with van der Waals surface area (Å²) in [5.41, 5.74) is 1.23. The number of nitro benzene ring substituents is 1. The van der Waals surface area contributed by atoms with Crippen molar-refractivity contribution in [2.24, 2.45) is 0 Å². The topological polar surface area (TPSA) is 116 Å². The van der Waals surface area contributed by atoms with Gasteiger partial charge in [0.25, 0.3) is 11.2 Å². The summed E-state index contributed by atoms with van der Waals surface area (Å²) in [6, 6.07) is 16.2. The third-order valence-corrected chi connectivity index (χ3v) is 5.36. The number of rotatable bonds is 8. The van der Waals surface area contributed by atoms with Crippen molar-refractivity contribution in [1.82, 2.24) is 19.1 Å². The maximum atomic E-state index is 13.1. The summed E-state index contributed by atoms with van der Waals surface area (Å²) in [5, 5.41) is 11.3. The Kier molecular flexibility index (Phi) is 5.98. The molecule has 4 aromatic rings. The second-order valence-electron chi connectivity index (χ2n) is 7.57. The Bertz CT molecular complexity index is 1390. The fourth-order valence-corrected chi connectivity index (χ4v) is 3.84. The van der Waals surface area contributed by atoms with E-state index in [4.69, 9.17) is 0 Å². The van der Waals surface area contributed by atoms with Crippen LogP contribution in [0.3, 0.4) is 0 Å². The molecule has 32 heavy (non-hydrogen) atoms. The molecule has 0 atom stereocenters. The van der Waals surface area contributed by atoms with Gasteiger partial charge in [0.2, 0.25) is 0 Å². The Balaban J connectivity index is 1.79. The predicted molar refractivity (Wildman–Crippen MR) is 121 cm³/mol. The fraction of sp³-hybridized carbons (Fsp3) is 0.261. The second-order valence-corrected chi connectivity index (χ2v) is 7.57. The minimum Gasteiger partial charge on any atom is -0.336 e. The van der Waals surface area contributed by atoms with E-state index in [0.717, 1.165) is 5.56 Å². The van der Waals surface area contributed by atoms with Gasteiger partial charge in [-0.25, -0.2) is 9.78 Å². The number of imidazole rings is 1. The number of benzene rings is 2. The second kappa shape index (κ2) is 9.01. The van der Waals surface area contributed by atoms with Crippen molar-refractivity contribution in [3.8, 4) is 0 Å². The van der Waals surface area contributed by atoms with Crippen molar-refractivity contribution in [3.63, 3.8) is 0 Å². The van der Waals surface area contributed by atoms with Crippen LogP contribution in [0.15, 0.2) is 64.2 Å². The summed E-state index contributed by atoms with van der Waals surface area (Å²) in [5.74, 6) is 0.580. The van der Waals surface area contributed by atoms with E-state index in [-0.39, 0.29) is 36.4 Å². The van der Waals surface area contributed by atoms with Crippen LogP contribution in [0.5, 0.6) is 0 Å². The lowest BCUT2D eigenvalue weighted by Gasteiger charge is -2.11. The summed E-state index contributed by atoms with van der Waals surface area (Å²) in [4.78, 5) is 44.7. The van der Waals surface area contributed by atoms with Gasteiger partial charge in [0.05, 0.1) is 4.92 Å². The van der Waals surface area contributed by atoms with Crippen LogP contribution in [0.25, 0.3) is 11.2 Å². The zero-order valence-electron chi connectivity index (χ0n) is 17.7. The highest BCUT2D eigenvalue weighted by Gasteiger charge is 2.19. The number of aryl methyl sites for hydroxylation is 2. The molecule has 0 aliphatic heterocycles. The summed E-state index contributed by atoms with van der Waals surface area (Å²) in [6.07, 6.45) is 1.37. The smallest absolute Gasteiger partial charge is 0.332 e. The standard InChI is InChI=1S/C23H23N5O4/c1-2-13-27-22(29)20-21(25-19(24-20)15-16-8-4-3-5-9-16)26(23(27)30)14-12-17-10-6-7-11-18(17)28(31)32/h3-11H,2,12-15H2,1H3,(H,24,25). The molecule has 2 heterocycles. The summed E-state index contributed by atoms with van der Waals surface area (Å²) < 4.78 is 2.64. The third-order valence-electron chi connectivity index (χ3n) is 5.36. The minimum absolute atomic E-state index is 0.00506. The SMILES string of the molecule is CCCn1c(=O)c2[nH]c(Cc3ccccc3)nc2n(CCc2ccccc2[N+](=O)[O-])c1=O. The predicted octanol–water partition coefficient (Wildman–Crippen LogP) is 3.04. The maximum Gasteiger partial charge on any atom is 0.332 e.